The lowest BCUT2D eigenvalue weighted by Crippen LogP contribution is -2.57. The lowest BCUT2D eigenvalue weighted by Gasteiger charge is -2.42. The van der Waals surface area contributed by atoms with Crippen LogP contribution in [0.3, 0.4) is 0 Å². The van der Waals surface area contributed by atoms with Gasteiger partial charge >= 0.3 is 12.1 Å². The molecule has 2 saturated heterocycles. The third-order valence-electron chi connectivity index (χ3n) is 8.05. The molecule has 0 radical (unpaired) electrons. The maximum absolute atomic E-state index is 16.5. The number of ether oxygens (including phenoxy) is 2. The summed E-state index contributed by atoms with van der Waals surface area (Å²) in [5.74, 6) is -1.04. The molecule has 0 N–H and O–H groups in total. The smallest absolute Gasteiger partial charge is 0.410 e. The van der Waals surface area contributed by atoms with E-state index >= 15 is 8.78 Å². The molecule has 1 aromatic heterocycles. The summed E-state index contributed by atoms with van der Waals surface area (Å²) in [6.45, 7) is 8.49. The first-order valence-electron chi connectivity index (χ1n) is 14.1. The molecule has 2 atom stereocenters. The third kappa shape index (κ3) is 4.71. The maximum atomic E-state index is 16.5. The van der Waals surface area contributed by atoms with Crippen molar-refractivity contribution in [3.8, 4) is 17.1 Å². The second-order valence-corrected chi connectivity index (χ2v) is 11.8. The van der Waals surface area contributed by atoms with Crippen LogP contribution in [0.1, 0.15) is 46.1 Å². The highest BCUT2D eigenvalue weighted by molar-refractivity contribution is 6.02. The van der Waals surface area contributed by atoms with Crippen molar-refractivity contribution in [1.29, 1.82) is 0 Å². The first-order chi connectivity index (χ1) is 19.6. The Balaban J connectivity index is 1.46. The number of hydrogen-bond acceptors (Lipinski definition) is 6. The van der Waals surface area contributed by atoms with Crippen LogP contribution in [-0.4, -0.2) is 58.8 Å². The summed E-state index contributed by atoms with van der Waals surface area (Å²) in [7, 11) is 1.43. The van der Waals surface area contributed by atoms with Crippen LogP contribution in [0.5, 0.6) is 6.01 Å². The van der Waals surface area contributed by atoms with Crippen molar-refractivity contribution >= 4 is 33.6 Å². The average Bonchev–Trinajstić information content (AvgIpc) is 3.21. The molecule has 0 spiro atoms. The van der Waals surface area contributed by atoms with E-state index in [1.165, 1.54) is 13.2 Å². The standard InChI is InChI=1S/C32H34F2N4O3/c1-6-18-9-7-10-19-11-8-12-22(25(18)19)26-24(33)15-23-28(27(26)34)35-30(40-5)36-29(23)37-16-20-13-14-21(17-37)38(20)31(39)41-32(2,3)4/h7-12,15,20-21H,6,13-14,16-17H2,1-5H3. The van der Waals surface area contributed by atoms with E-state index < -0.39 is 17.2 Å². The van der Waals surface area contributed by atoms with Crippen molar-refractivity contribution < 1.29 is 23.0 Å². The van der Waals surface area contributed by atoms with E-state index in [-0.39, 0.29) is 40.7 Å². The maximum Gasteiger partial charge on any atom is 0.410 e. The summed E-state index contributed by atoms with van der Waals surface area (Å²) in [6.07, 6.45) is 2.02. The number of aromatic nitrogens is 2. The Hall–Kier alpha value is -4.01. The van der Waals surface area contributed by atoms with Crippen molar-refractivity contribution in [2.75, 3.05) is 25.1 Å². The van der Waals surface area contributed by atoms with Gasteiger partial charge in [-0.1, -0.05) is 43.3 Å². The number of hydrogen-bond donors (Lipinski definition) is 0. The number of carbonyl (C=O) groups is 1. The molecular formula is C32H34F2N4O3. The Morgan fingerprint density at radius 2 is 1.73 bits per heavy atom. The number of anilines is 1. The van der Waals surface area contributed by atoms with E-state index in [1.807, 2.05) is 67.8 Å². The second-order valence-electron chi connectivity index (χ2n) is 11.8. The van der Waals surface area contributed by atoms with Crippen LogP contribution >= 0.6 is 0 Å². The number of rotatable bonds is 4. The largest absolute Gasteiger partial charge is 0.467 e. The van der Waals surface area contributed by atoms with E-state index in [0.29, 0.717) is 24.5 Å². The highest BCUT2D eigenvalue weighted by Crippen LogP contribution is 2.41. The fraction of sp³-hybridized carbons (Fsp3) is 0.406. The number of methoxy groups -OCH3 is 1. The van der Waals surface area contributed by atoms with Crippen LogP contribution < -0.4 is 9.64 Å². The van der Waals surface area contributed by atoms with Gasteiger partial charge in [-0.25, -0.2) is 13.6 Å². The van der Waals surface area contributed by atoms with E-state index in [9.17, 15) is 4.79 Å². The molecule has 2 fully saturated rings. The molecule has 3 aromatic carbocycles. The van der Waals surface area contributed by atoms with Gasteiger partial charge in [0, 0.05) is 18.5 Å². The normalized spacial score (nSPS) is 18.8. The summed E-state index contributed by atoms with van der Waals surface area (Å²) < 4.78 is 43.5. The molecule has 1 amide bonds. The average molecular weight is 561 g/mol. The van der Waals surface area contributed by atoms with Crippen molar-refractivity contribution in [3.05, 3.63) is 59.7 Å². The minimum absolute atomic E-state index is 0.00181. The Bertz CT molecular complexity index is 1650. The predicted octanol–water partition coefficient (Wildman–Crippen LogP) is 6.89. The number of benzene rings is 3. The van der Waals surface area contributed by atoms with Crippen LogP contribution in [-0.2, 0) is 11.2 Å². The molecule has 2 bridgehead atoms. The summed E-state index contributed by atoms with van der Waals surface area (Å²) in [6, 6.07) is 12.5. The lowest BCUT2D eigenvalue weighted by molar-refractivity contribution is 0.0123. The van der Waals surface area contributed by atoms with Gasteiger partial charge in [0.1, 0.15) is 22.8 Å². The number of fused-ring (bicyclic) bond motifs is 4. The van der Waals surface area contributed by atoms with Gasteiger partial charge in [0.25, 0.3) is 0 Å². The summed E-state index contributed by atoms with van der Waals surface area (Å²) >= 11 is 0. The van der Waals surface area contributed by atoms with Crippen LogP contribution in [0.25, 0.3) is 32.8 Å². The van der Waals surface area contributed by atoms with Crippen LogP contribution in [0.4, 0.5) is 19.4 Å². The Kier molecular flexibility index (Phi) is 6.71. The number of amides is 1. The Morgan fingerprint density at radius 3 is 2.37 bits per heavy atom. The number of aryl methyl sites for hydroxylation is 1. The molecule has 41 heavy (non-hydrogen) atoms. The van der Waals surface area contributed by atoms with E-state index in [1.54, 1.807) is 6.07 Å². The first kappa shape index (κ1) is 27.2. The van der Waals surface area contributed by atoms with Crippen molar-refractivity contribution in [1.82, 2.24) is 14.9 Å². The minimum Gasteiger partial charge on any atom is -0.467 e. The number of nitrogens with zero attached hydrogens (tertiary/aromatic N) is 4. The summed E-state index contributed by atoms with van der Waals surface area (Å²) in [5, 5.41) is 2.01. The number of carbonyl (C=O) groups excluding carboxylic acids is 1. The second kappa shape index (κ2) is 10.1. The van der Waals surface area contributed by atoms with Gasteiger partial charge in [-0.15, -0.1) is 0 Å². The van der Waals surface area contributed by atoms with Gasteiger partial charge in [-0.3, -0.25) is 4.90 Å². The van der Waals surface area contributed by atoms with E-state index in [0.717, 1.165) is 35.6 Å². The molecule has 3 heterocycles. The van der Waals surface area contributed by atoms with Gasteiger partial charge in [0.2, 0.25) is 0 Å². The molecule has 6 rings (SSSR count). The zero-order chi connectivity index (χ0) is 29.1. The van der Waals surface area contributed by atoms with Gasteiger partial charge in [-0.2, -0.15) is 9.97 Å². The van der Waals surface area contributed by atoms with Crippen LogP contribution in [0.15, 0.2) is 42.5 Å². The van der Waals surface area contributed by atoms with Crippen LogP contribution in [0.2, 0.25) is 0 Å². The monoisotopic (exact) mass is 560 g/mol. The third-order valence-corrected chi connectivity index (χ3v) is 8.05. The van der Waals surface area contributed by atoms with Gasteiger partial charge in [0.05, 0.1) is 24.8 Å². The fourth-order valence-electron chi connectivity index (χ4n) is 6.35. The van der Waals surface area contributed by atoms with E-state index in [2.05, 4.69) is 9.97 Å². The lowest BCUT2D eigenvalue weighted by atomic mass is 9.92. The molecule has 2 unspecified atom stereocenters. The Morgan fingerprint density at radius 1 is 1.05 bits per heavy atom. The molecule has 0 aliphatic carbocycles. The quantitative estimate of drug-likeness (QED) is 0.271. The molecule has 4 aromatic rings. The van der Waals surface area contributed by atoms with Crippen LogP contribution in [0, 0.1) is 11.6 Å². The van der Waals surface area contributed by atoms with Gasteiger partial charge in [0.15, 0.2) is 5.82 Å². The highest BCUT2D eigenvalue weighted by atomic mass is 19.1. The number of halogens is 2. The summed E-state index contributed by atoms with van der Waals surface area (Å²) in [4.78, 5) is 25.7. The summed E-state index contributed by atoms with van der Waals surface area (Å²) in [5.41, 5.74) is 0.775. The molecule has 214 valence electrons. The molecule has 7 nitrogen and oxygen atoms in total. The molecule has 2 aliphatic heterocycles. The number of piperazine rings is 1. The van der Waals surface area contributed by atoms with Crippen molar-refractivity contribution in [2.24, 2.45) is 0 Å². The zero-order valence-electron chi connectivity index (χ0n) is 24.0. The SMILES string of the molecule is CCc1cccc2cccc(-c3c(F)cc4c(N5CC6CCC(C5)N6C(=O)OC(C)(C)C)nc(OC)nc4c3F)c12. The highest BCUT2D eigenvalue weighted by Gasteiger charge is 2.45. The van der Waals surface area contributed by atoms with Gasteiger partial charge < -0.3 is 14.4 Å². The van der Waals surface area contributed by atoms with E-state index in [4.69, 9.17) is 9.47 Å². The minimum atomic E-state index is -0.754. The topological polar surface area (TPSA) is 67.8 Å². The van der Waals surface area contributed by atoms with Crippen molar-refractivity contribution in [2.45, 2.75) is 64.6 Å². The zero-order valence-corrected chi connectivity index (χ0v) is 24.0. The van der Waals surface area contributed by atoms with Gasteiger partial charge in [-0.05, 0) is 68.0 Å². The molecular weight excluding hydrogens is 526 g/mol. The van der Waals surface area contributed by atoms with Crippen molar-refractivity contribution in [3.63, 3.8) is 0 Å². The molecule has 0 saturated carbocycles. The predicted molar refractivity (Wildman–Crippen MR) is 155 cm³/mol. The fourth-order valence-corrected chi connectivity index (χ4v) is 6.35. The molecule has 2 aliphatic rings. The molecule has 9 heteroatoms. The first-order valence-corrected chi connectivity index (χ1v) is 14.1. The Labute approximate surface area is 238 Å².